The van der Waals surface area contributed by atoms with Crippen LogP contribution >= 0.6 is 0 Å². The van der Waals surface area contributed by atoms with Crippen LogP contribution in [0.1, 0.15) is 23.1 Å². The Kier molecular flexibility index (Phi) is 4.32. The van der Waals surface area contributed by atoms with Crippen LogP contribution in [0, 0.1) is 0 Å². The van der Waals surface area contributed by atoms with Crippen molar-refractivity contribution in [3.05, 3.63) is 53.2 Å². The van der Waals surface area contributed by atoms with E-state index in [4.69, 9.17) is 4.74 Å². The first kappa shape index (κ1) is 16.6. The Labute approximate surface area is 152 Å². The van der Waals surface area contributed by atoms with Gasteiger partial charge >= 0.3 is 0 Å². The second kappa shape index (κ2) is 6.78. The van der Waals surface area contributed by atoms with Gasteiger partial charge in [-0.25, -0.2) is 4.98 Å². The van der Waals surface area contributed by atoms with Crippen LogP contribution in [0.15, 0.2) is 36.5 Å². The maximum atomic E-state index is 12.9. The summed E-state index contributed by atoms with van der Waals surface area (Å²) in [4.78, 5) is 32.9. The molecule has 0 radical (unpaired) electrons. The highest BCUT2D eigenvalue weighted by Crippen LogP contribution is 2.27. The Morgan fingerprint density at radius 2 is 2.04 bits per heavy atom. The van der Waals surface area contributed by atoms with Gasteiger partial charge in [0.25, 0.3) is 0 Å². The van der Waals surface area contributed by atoms with Crippen molar-refractivity contribution < 1.29 is 14.3 Å². The molecular weight excluding hydrogens is 330 g/mol. The van der Waals surface area contributed by atoms with Gasteiger partial charge in [0, 0.05) is 25.7 Å². The molecule has 134 valence electrons. The van der Waals surface area contributed by atoms with Gasteiger partial charge in [0.1, 0.15) is 18.1 Å². The molecule has 0 unspecified atom stereocenters. The third-order valence-corrected chi connectivity index (χ3v) is 5.10. The number of nitrogens with zero attached hydrogens (tertiary/aromatic N) is 3. The van der Waals surface area contributed by atoms with Gasteiger partial charge < -0.3 is 9.64 Å². The van der Waals surface area contributed by atoms with Crippen LogP contribution in [-0.4, -0.2) is 41.9 Å². The predicted molar refractivity (Wildman–Crippen MR) is 97.0 cm³/mol. The molecule has 6 heteroatoms. The molecular formula is C20H21N3O3. The average Bonchev–Trinajstić information content (AvgIpc) is 2.69. The number of methoxy groups -OCH3 is 1. The molecule has 1 aromatic carbocycles. The number of ether oxygens (including phenoxy) is 1. The third kappa shape index (κ3) is 3.03. The maximum Gasteiger partial charge on any atom is 0.243 e. The van der Waals surface area contributed by atoms with Crippen LogP contribution in [0.25, 0.3) is 0 Å². The van der Waals surface area contributed by atoms with Crippen LogP contribution in [0.3, 0.4) is 0 Å². The number of hydrogen-bond donors (Lipinski definition) is 0. The molecule has 2 amide bonds. The normalized spacial score (nSPS) is 16.1. The molecule has 2 aliphatic heterocycles. The molecule has 1 aromatic heterocycles. The lowest BCUT2D eigenvalue weighted by molar-refractivity contribution is -0.132. The van der Waals surface area contributed by atoms with Crippen LogP contribution < -0.4 is 9.64 Å². The minimum Gasteiger partial charge on any atom is -0.497 e. The van der Waals surface area contributed by atoms with E-state index in [1.165, 1.54) is 10.5 Å². The van der Waals surface area contributed by atoms with Crippen molar-refractivity contribution >= 4 is 17.6 Å². The number of amides is 2. The zero-order valence-electron chi connectivity index (χ0n) is 14.8. The summed E-state index contributed by atoms with van der Waals surface area (Å²) in [7, 11) is 1.64. The van der Waals surface area contributed by atoms with Crippen molar-refractivity contribution in [1.29, 1.82) is 0 Å². The average molecular weight is 351 g/mol. The smallest absolute Gasteiger partial charge is 0.243 e. The molecule has 26 heavy (non-hydrogen) atoms. The van der Waals surface area contributed by atoms with Crippen molar-refractivity contribution in [3.63, 3.8) is 0 Å². The molecule has 0 N–H and O–H groups in total. The number of hydrogen-bond acceptors (Lipinski definition) is 4. The molecule has 0 atom stereocenters. The van der Waals surface area contributed by atoms with Crippen LogP contribution in [-0.2, 0) is 29.0 Å². The Bertz CT molecular complexity index is 865. The van der Waals surface area contributed by atoms with E-state index in [0.29, 0.717) is 31.7 Å². The Morgan fingerprint density at radius 1 is 1.15 bits per heavy atom. The number of aryl methyl sites for hydroxylation is 1. The summed E-state index contributed by atoms with van der Waals surface area (Å²) in [6.07, 6.45) is 3.59. The van der Waals surface area contributed by atoms with Crippen molar-refractivity contribution in [1.82, 2.24) is 9.88 Å². The molecule has 4 rings (SSSR count). The minimum absolute atomic E-state index is 0.0383. The number of carbonyl (C=O) groups is 2. The van der Waals surface area contributed by atoms with Gasteiger partial charge in [-0.15, -0.1) is 0 Å². The van der Waals surface area contributed by atoms with Crippen molar-refractivity contribution in [2.24, 2.45) is 0 Å². The number of aromatic nitrogens is 1. The van der Waals surface area contributed by atoms with Gasteiger partial charge in [-0.05, 0) is 47.7 Å². The molecule has 0 saturated heterocycles. The van der Waals surface area contributed by atoms with Gasteiger partial charge in [-0.3, -0.25) is 14.5 Å². The summed E-state index contributed by atoms with van der Waals surface area (Å²) in [6, 6.07) is 9.83. The number of benzene rings is 1. The summed E-state index contributed by atoms with van der Waals surface area (Å²) in [5, 5.41) is 0. The van der Waals surface area contributed by atoms with Crippen LogP contribution in [0.2, 0.25) is 0 Å². The largest absolute Gasteiger partial charge is 0.497 e. The highest BCUT2D eigenvalue weighted by atomic mass is 16.5. The van der Waals surface area contributed by atoms with E-state index < -0.39 is 0 Å². The molecule has 2 aromatic rings. The second-order valence-electron chi connectivity index (χ2n) is 6.67. The van der Waals surface area contributed by atoms with E-state index >= 15 is 0 Å². The second-order valence-corrected chi connectivity index (χ2v) is 6.67. The molecule has 6 nitrogen and oxygen atoms in total. The van der Waals surface area contributed by atoms with E-state index in [9.17, 15) is 9.59 Å². The number of rotatable bonds is 3. The van der Waals surface area contributed by atoms with Gasteiger partial charge in [0.15, 0.2) is 0 Å². The highest BCUT2D eigenvalue weighted by Gasteiger charge is 2.29. The van der Waals surface area contributed by atoms with Crippen molar-refractivity contribution in [2.45, 2.75) is 25.8 Å². The van der Waals surface area contributed by atoms with Crippen LogP contribution in [0.4, 0.5) is 5.82 Å². The van der Waals surface area contributed by atoms with Crippen molar-refractivity contribution in [3.8, 4) is 5.75 Å². The Balaban J connectivity index is 1.51. The fourth-order valence-corrected chi connectivity index (χ4v) is 3.63. The van der Waals surface area contributed by atoms with E-state index in [-0.39, 0.29) is 18.4 Å². The predicted octanol–water partition coefficient (Wildman–Crippen LogP) is 1.95. The Morgan fingerprint density at radius 3 is 2.88 bits per heavy atom. The summed E-state index contributed by atoms with van der Waals surface area (Å²) in [5.74, 6) is 1.33. The lowest BCUT2D eigenvalue weighted by Gasteiger charge is -2.33. The molecule has 2 aliphatic rings. The van der Waals surface area contributed by atoms with Gasteiger partial charge in [-0.1, -0.05) is 12.1 Å². The number of anilines is 1. The maximum absolute atomic E-state index is 12.9. The first-order valence-electron chi connectivity index (χ1n) is 8.83. The summed E-state index contributed by atoms with van der Waals surface area (Å²) >= 11 is 0. The van der Waals surface area contributed by atoms with Crippen molar-refractivity contribution in [2.75, 3.05) is 25.1 Å². The van der Waals surface area contributed by atoms with E-state index in [1.807, 2.05) is 29.2 Å². The highest BCUT2D eigenvalue weighted by molar-refractivity contribution is 6.00. The number of fused-ring (bicyclic) bond motifs is 2. The molecule has 3 heterocycles. The fourth-order valence-electron chi connectivity index (χ4n) is 3.63. The molecule has 0 bridgehead atoms. The summed E-state index contributed by atoms with van der Waals surface area (Å²) in [5.41, 5.74) is 3.37. The molecule has 0 fully saturated rings. The first-order chi connectivity index (χ1) is 12.7. The zero-order chi connectivity index (χ0) is 18.1. The first-order valence-corrected chi connectivity index (χ1v) is 8.83. The van der Waals surface area contributed by atoms with Gasteiger partial charge in [-0.2, -0.15) is 0 Å². The van der Waals surface area contributed by atoms with Gasteiger partial charge in [0.05, 0.1) is 7.11 Å². The lowest BCUT2D eigenvalue weighted by Crippen LogP contribution is -2.46. The van der Waals surface area contributed by atoms with Crippen LogP contribution in [0.5, 0.6) is 5.75 Å². The zero-order valence-corrected chi connectivity index (χ0v) is 14.8. The van der Waals surface area contributed by atoms with E-state index in [2.05, 4.69) is 11.1 Å². The molecule has 0 aliphatic carbocycles. The lowest BCUT2D eigenvalue weighted by atomic mass is 9.99. The quantitative estimate of drug-likeness (QED) is 0.848. The SMILES string of the molecule is COc1ccc2c(c1)CN(C(=O)CN1C(=O)CCc3cccnc31)CC2. The number of carbonyl (C=O) groups excluding carboxylic acids is 2. The summed E-state index contributed by atoms with van der Waals surface area (Å²) < 4.78 is 5.29. The van der Waals surface area contributed by atoms with E-state index in [1.54, 1.807) is 13.3 Å². The monoisotopic (exact) mass is 351 g/mol. The minimum atomic E-state index is -0.0506. The standard InChI is InChI=1S/C20H21N3O3/c1-26-17-6-4-14-8-10-22(12-16(14)11-17)19(25)13-23-18(24)7-5-15-3-2-9-21-20(15)23/h2-4,6,9,11H,5,7-8,10,12-13H2,1H3. The Hall–Kier alpha value is -2.89. The van der Waals surface area contributed by atoms with Gasteiger partial charge in [0.2, 0.25) is 11.8 Å². The topological polar surface area (TPSA) is 62.7 Å². The molecule has 0 saturated carbocycles. The van der Waals surface area contributed by atoms with E-state index in [0.717, 1.165) is 23.3 Å². The number of pyridine rings is 1. The fraction of sp³-hybridized carbons (Fsp3) is 0.350. The molecule has 0 spiro atoms. The third-order valence-electron chi connectivity index (χ3n) is 5.10. The summed E-state index contributed by atoms with van der Waals surface area (Å²) in [6.45, 7) is 1.25.